The third-order valence-corrected chi connectivity index (χ3v) is 7.15. The fourth-order valence-corrected chi connectivity index (χ4v) is 5.76. The molecule has 1 unspecified atom stereocenters. The van der Waals surface area contributed by atoms with Crippen LogP contribution in [0.2, 0.25) is 0 Å². The Morgan fingerprint density at radius 1 is 1.21 bits per heavy atom. The first-order valence-corrected chi connectivity index (χ1v) is 9.15. The minimum Gasteiger partial charge on any atom is -0.329 e. The van der Waals surface area contributed by atoms with Crippen molar-refractivity contribution in [3.05, 3.63) is 0 Å². The van der Waals surface area contributed by atoms with Gasteiger partial charge >= 0.3 is 0 Å². The number of rotatable bonds is 3. The van der Waals surface area contributed by atoms with Crippen molar-refractivity contribution in [1.29, 1.82) is 0 Å². The van der Waals surface area contributed by atoms with Crippen LogP contribution in [0.25, 0.3) is 0 Å². The monoisotopic (exact) mass is 288 g/mol. The quantitative estimate of drug-likeness (QED) is 0.853. The lowest BCUT2D eigenvalue weighted by atomic mass is 9.74. The molecular weight excluding hydrogens is 260 g/mol. The first-order valence-electron chi connectivity index (χ1n) is 7.33. The number of sulfone groups is 1. The van der Waals surface area contributed by atoms with Crippen molar-refractivity contribution in [3.8, 4) is 0 Å². The summed E-state index contributed by atoms with van der Waals surface area (Å²) in [7, 11) is -0.814. The molecule has 2 N–H and O–H groups in total. The van der Waals surface area contributed by atoms with E-state index in [1.807, 2.05) is 0 Å². The Bertz CT molecular complexity index is 423. The second-order valence-electron chi connectivity index (χ2n) is 7.28. The molecule has 1 aliphatic carbocycles. The average molecular weight is 288 g/mol. The van der Waals surface area contributed by atoms with E-state index in [1.54, 1.807) is 0 Å². The zero-order chi connectivity index (χ0) is 14.3. The third kappa shape index (κ3) is 3.14. The van der Waals surface area contributed by atoms with Gasteiger partial charge in [0.15, 0.2) is 9.84 Å². The smallest absolute Gasteiger partial charge is 0.152 e. The number of hydrogen-bond acceptors (Lipinski definition) is 4. The molecule has 1 saturated carbocycles. The summed E-state index contributed by atoms with van der Waals surface area (Å²) >= 11 is 0. The van der Waals surface area contributed by atoms with Gasteiger partial charge in [-0.05, 0) is 44.6 Å². The molecule has 0 bridgehead atoms. The van der Waals surface area contributed by atoms with Crippen molar-refractivity contribution in [2.45, 2.75) is 57.5 Å². The highest BCUT2D eigenvalue weighted by Crippen LogP contribution is 2.40. The lowest BCUT2D eigenvalue weighted by Crippen LogP contribution is -2.57. The van der Waals surface area contributed by atoms with Crippen molar-refractivity contribution >= 4 is 9.84 Å². The predicted octanol–water partition coefficient (Wildman–Crippen LogP) is 1.40. The molecule has 0 amide bonds. The van der Waals surface area contributed by atoms with Gasteiger partial charge in [-0.3, -0.25) is 4.90 Å². The summed E-state index contributed by atoms with van der Waals surface area (Å²) in [6.07, 6.45) is 5.45. The first-order chi connectivity index (χ1) is 8.70. The zero-order valence-electron chi connectivity index (χ0n) is 12.5. The maximum absolute atomic E-state index is 11.8. The summed E-state index contributed by atoms with van der Waals surface area (Å²) in [4.78, 5) is 2.30. The highest BCUT2D eigenvalue weighted by Gasteiger charge is 2.46. The van der Waals surface area contributed by atoms with Crippen LogP contribution in [0.15, 0.2) is 0 Å². The second-order valence-corrected chi connectivity index (χ2v) is 9.46. The highest BCUT2D eigenvalue weighted by atomic mass is 32.2. The Morgan fingerprint density at radius 2 is 1.79 bits per heavy atom. The van der Waals surface area contributed by atoms with Gasteiger partial charge in [-0.2, -0.15) is 0 Å². The molecule has 1 saturated heterocycles. The van der Waals surface area contributed by atoms with Crippen LogP contribution in [0.5, 0.6) is 0 Å². The van der Waals surface area contributed by atoms with Crippen LogP contribution >= 0.6 is 0 Å². The minimum absolute atomic E-state index is 0.243. The fraction of sp³-hybridized carbons (Fsp3) is 1.00. The van der Waals surface area contributed by atoms with E-state index in [0.29, 0.717) is 30.2 Å². The standard InChI is InChI=1S/C14H28N2O2S/c1-13(2)6-4-12(5-7-13)16(3)14(10-15)8-9-19(17,18)11-14/h12H,4-11,15H2,1-3H3. The molecule has 1 aliphatic heterocycles. The van der Waals surface area contributed by atoms with E-state index in [0.717, 1.165) is 12.8 Å². The molecule has 0 aromatic rings. The Balaban J connectivity index is 2.08. The summed E-state index contributed by atoms with van der Waals surface area (Å²) in [5.41, 5.74) is 6.07. The van der Waals surface area contributed by atoms with E-state index in [-0.39, 0.29) is 11.3 Å². The van der Waals surface area contributed by atoms with Gasteiger partial charge in [-0.15, -0.1) is 0 Å². The Hall–Kier alpha value is -0.130. The van der Waals surface area contributed by atoms with Crippen LogP contribution in [0.1, 0.15) is 46.0 Å². The van der Waals surface area contributed by atoms with Crippen LogP contribution < -0.4 is 5.73 Å². The number of hydrogen-bond donors (Lipinski definition) is 1. The molecule has 1 heterocycles. The van der Waals surface area contributed by atoms with E-state index in [4.69, 9.17) is 5.73 Å². The molecule has 5 heteroatoms. The Kier molecular flexibility index (Phi) is 4.02. The molecule has 112 valence electrons. The van der Waals surface area contributed by atoms with Crippen molar-refractivity contribution in [3.63, 3.8) is 0 Å². The predicted molar refractivity (Wildman–Crippen MR) is 78.9 cm³/mol. The summed E-state index contributed by atoms with van der Waals surface area (Å²) in [6.45, 7) is 5.09. The maximum Gasteiger partial charge on any atom is 0.152 e. The van der Waals surface area contributed by atoms with Crippen LogP contribution in [-0.2, 0) is 9.84 Å². The van der Waals surface area contributed by atoms with Crippen LogP contribution in [0, 0.1) is 5.41 Å². The van der Waals surface area contributed by atoms with Crippen molar-refractivity contribution in [2.24, 2.45) is 11.1 Å². The van der Waals surface area contributed by atoms with Crippen molar-refractivity contribution in [2.75, 3.05) is 25.1 Å². The van der Waals surface area contributed by atoms with Crippen LogP contribution in [0.3, 0.4) is 0 Å². The molecule has 19 heavy (non-hydrogen) atoms. The number of nitrogens with two attached hydrogens (primary N) is 1. The van der Waals surface area contributed by atoms with Gasteiger partial charge in [0.25, 0.3) is 0 Å². The SMILES string of the molecule is CN(C1CCC(C)(C)CC1)C1(CN)CCS(=O)(=O)C1. The molecule has 0 aromatic carbocycles. The van der Waals surface area contributed by atoms with Gasteiger partial charge < -0.3 is 5.73 Å². The molecule has 0 aromatic heterocycles. The minimum atomic E-state index is -2.89. The molecule has 2 rings (SSSR count). The van der Waals surface area contributed by atoms with E-state index >= 15 is 0 Å². The summed E-state index contributed by atoms with van der Waals surface area (Å²) in [5.74, 6) is 0.541. The summed E-state index contributed by atoms with van der Waals surface area (Å²) in [5, 5.41) is 0. The molecule has 0 spiro atoms. The summed E-state index contributed by atoms with van der Waals surface area (Å²) < 4.78 is 23.6. The number of likely N-dealkylation sites (N-methyl/N-ethyl adjacent to an activating group) is 1. The van der Waals surface area contributed by atoms with Gasteiger partial charge in [-0.25, -0.2) is 8.42 Å². The Morgan fingerprint density at radius 3 is 2.21 bits per heavy atom. The Labute approximate surface area is 117 Å². The van der Waals surface area contributed by atoms with Crippen LogP contribution in [-0.4, -0.2) is 50.0 Å². The lowest BCUT2D eigenvalue weighted by molar-refractivity contribution is 0.0504. The molecule has 2 aliphatic rings. The topological polar surface area (TPSA) is 63.4 Å². The molecule has 4 nitrogen and oxygen atoms in total. The molecule has 1 atom stereocenters. The van der Waals surface area contributed by atoms with Crippen molar-refractivity contribution in [1.82, 2.24) is 4.90 Å². The molecule has 2 fully saturated rings. The van der Waals surface area contributed by atoms with Gasteiger partial charge in [0, 0.05) is 18.1 Å². The van der Waals surface area contributed by atoms with E-state index < -0.39 is 9.84 Å². The lowest BCUT2D eigenvalue weighted by Gasteiger charge is -2.46. The normalized spacial score (nSPS) is 34.8. The molecule has 0 radical (unpaired) electrons. The van der Waals surface area contributed by atoms with Gasteiger partial charge in [0.1, 0.15) is 0 Å². The van der Waals surface area contributed by atoms with Gasteiger partial charge in [0.05, 0.1) is 11.5 Å². The first kappa shape index (κ1) is 15.3. The highest BCUT2D eigenvalue weighted by molar-refractivity contribution is 7.91. The third-order valence-electron chi connectivity index (χ3n) is 5.35. The van der Waals surface area contributed by atoms with Crippen molar-refractivity contribution < 1.29 is 8.42 Å². The average Bonchev–Trinajstić information content (AvgIpc) is 2.65. The summed E-state index contributed by atoms with van der Waals surface area (Å²) in [6, 6.07) is 0.491. The van der Waals surface area contributed by atoms with E-state index in [9.17, 15) is 8.42 Å². The van der Waals surface area contributed by atoms with Gasteiger partial charge in [0.2, 0.25) is 0 Å². The van der Waals surface area contributed by atoms with E-state index in [2.05, 4.69) is 25.8 Å². The fourth-order valence-electron chi connectivity index (χ4n) is 3.64. The van der Waals surface area contributed by atoms with Gasteiger partial charge in [-0.1, -0.05) is 13.8 Å². The zero-order valence-corrected chi connectivity index (χ0v) is 13.3. The second kappa shape index (κ2) is 5.01. The molecular formula is C14H28N2O2S. The van der Waals surface area contributed by atoms with E-state index in [1.165, 1.54) is 12.8 Å². The largest absolute Gasteiger partial charge is 0.329 e. The number of nitrogens with zero attached hydrogens (tertiary/aromatic N) is 1. The maximum atomic E-state index is 11.8. The van der Waals surface area contributed by atoms with Crippen LogP contribution in [0.4, 0.5) is 0 Å².